The molecule has 0 radical (unpaired) electrons. The maximum Gasteiger partial charge on any atom is 0.151 e. The Hall–Kier alpha value is -2.10. The van der Waals surface area contributed by atoms with E-state index < -0.39 is 0 Å². The maximum absolute atomic E-state index is 5.41. The lowest BCUT2D eigenvalue weighted by Gasteiger charge is -2.07. The fraction of sp³-hybridized carbons (Fsp3) is 0.286. The number of nitrogens with one attached hydrogen (secondary N) is 1. The molecule has 1 N–H and O–H groups in total. The van der Waals surface area contributed by atoms with Gasteiger partial charge in [-0.15, -0.1) is 10.2 Å². The van der Waals surface area contributed by atoms with E-state index in [9.17, 15) is 0 Å². The van der Waals surface area contributed by atoms with Gasteiger partial charge in [-0.1, -0.05) is 0 Å². The molecule has 0 unspecified atom stereocenters. The minimum atomic E-state index is 0.676. The second-order valence-corrected chi connectivity index (χ2v) is 3.97. The number of hydrogen-bond donors (Lipinski definition) is 1. The first-order chi connectivity index (χ1) is 8.74. The van der Waals surface area contributed by atoms with Crippen LogP contribution < -0.4 is 10.1 Å². The van der Waals surface area contributed by atoms with Crippen LogP contribution in [0.2, 0.25) is 0 Å². The third kappa shape index (κ3) is 2.59. The molecule has 0 saturated carbocycles. The van der Waals surface area contributed by atoms with Gasteiger partial charge in [0.1, 0.15) is 5.75 Å². The zero-order valence-electron chi connectivity index (χ0n) is 10.9. The van der Waals surface area contributed by atoms with Crippen molar-refractivity contribution in [3.8, 4) is 17.0 Å². The highest BCUT2D eigenvalue weighted by atomic mass is 16.5. The quantitative estimate of drug-likeness (QED) is 0.897. The van der Waals surface area contributed by atoms with Crippen molar-refractivity contribution in [2.45, 2.75) is 13.8 Å². The number of ether oxygens (including phenoxy) is 1. The average molecular weight is 243 g/mol. The summed E-state index contributed by atoms with van der Waals surface area (Å²) < 4.78 is 5.41. The molecule has 2 aromatic rings. The summed E-state index contributed by atoms with van der Waals surface area (Å²) in [6.45, 7) is 4.66. The fourth-order valence-electron chi connectivity index (χ4n) is 1.76. The lowest BCUT2D eigenvalue weighted by Crippen LogP contribution is -1.99. The van der Waals surface area contributed by atoms with Crippen LogP contribution in [0.15, 0.2) is 30.3 Å². The Morgan fingerprint density at radius 2 is 1.89 bits per heavy atom. The van der Waals surface area contributed by atoms with Crippen molar-refractivity contribution in [2.75, 3.05) is 19.0 Å². The highest BCUT2D eigenvalue weighted by molar-refractivity contribution is 5.62. The zero-order chi connectivity index (χ0) is 13.0. The van der Waals surface area contributed by atoms with Crippen molar-refractivity contribution in [2.24, 2.45) is 0 Å². The summed E-state index contributed by atoms with van der Waals surface area (Å²) in [6.07, 6.45) is 0. The van der Waals surface area contributed by atoms with E-state index in [0.29, 0.717) is 6.61 Å². The third-order valence-corrected chi connectivity index (χ3v) is 2.68. The zero-order valence-corrected chi connectivity index (χ0v) is 10.9. The summed E-state index contributed by atoms with van der Waals surface area (Å²) in [7, 11) is 1.84. The number of hydrogen-bond acceptors (Lipinski definition) is 4. The maximum atomic E-state index is 5.41. The predicted molar refractivity (Wildman–Crippen MR) is 72.9 cm³/mol. The molecule has 0 bridgehead atoms. The number of aryl methyl sites for hydroxylation is 1. The molecule has 1 heterocycles. The molecule has 0 aliphatic carbocycles. The van der Waals surface area contributed by atoms with Gasteiger partial charge >= 0.3 is 0 Å². The van der Waals surface area contributed by atoms with Crippen molar-refractivity contribution >= 4 is 5.82 Å². The van der Waals surface area contributed by atoms with Crippen molar-refractivity contribution in [1.29, 1.82) is 0 Å². The molecule has 4 nitrogen and oxygen atoms in total. The summed E-state index contributed by atoms with van der Waals surface area (Å²) in [4.78, 5) is 0. The Labute approximate surface area is 107 Å². The van der Waals surface area contributed by atoms with Gasteiger partial charge < -0.3 is 10.1 Å². The Morgan fingerprint density at radius 1 is 1.17 bits per heavy atom. The molecule has 4 heteroatoms. The molecule has 0 aliphatic heterocycles. The monoisotopic (exact) mass is 243 g/mol. The molecule has 2 rings (SSSR count). The fourth-order valence-corrected chi connectivity index (χ4v) is 1.76. The topological polar surface area (TPSA) is 47.0 Å². The van der Waals surface area contributed by atoms with Crippen molar-refractivity contribution in [3.05, 3.63) is 35.9 Å². The second-order valence-electron chi connectivity index (χ2n) is 3.97. The van der Waals surface area contributed by atoms with Crippen LogP contribution in [0.25, 0.3) is 11.3 Å². The van der Waals surface area contributed by atoms with Crippen molar-refractivity contribution in [1.82, 2.24) is 10.2 Å². The molecule has 1 aromatic heterocycles. The number of nitrogens with zero attached hydrogens (tertiary/aromatic N) is 2. The summed E-state index contributed by atoms with van der Waals surface area (Å²) in [5.41, 5.74) is 2.99. The molecule has 94 valence electrons. The predicted octanol–water partition coefficient (Wildman–Crippen LogP) is 2.89. The minimum absolute atomic E-state index is 0.676. The average Bonchev–Trinajstić information content (AvgIpc) is 2.40. The minimum Gasteiger partial charge on any atom is -0.494 e. The first kappa shape index (κ1) is 12.4. The Kier molecular flexibility index (Phi) is 3.77. The van der Waals surface area contributed by atoms with Gasteiger partial charge in [0.25, 0.3) is 0 Å². The lowest BCUT2D eigenvalue weighted by molar-refractivity contribution is 0.340. The summed E-state index contributed by atoms with van der Waals surface area (Å²) in [5, 5.41) is 11.3. The van der Waals surface area contributed by atoms with Crippen LogP contribution in [0, 0.1) is 6.92 Å². The Balaban J connectivity index is 2.28. The van der Waals surface area contributed by atoms with Crippen LogP contribution >= 0.6 is 0 Å². The van der Waals surface area contributed by atoms with Crippen LogP contribution in [0.5, 0.6) is 5.75 Å². The van der Waals surface area contributed by atoms with E-state index in [4.69, 9.17) is 4.74 Å². The molecule has 0 fully saturated rings. The summed E-state index contributed by atoms with van der Waals surface area (Å²) in [5.74, 6) is 1.68. The van der Waals surface area contributed by atoms with Gasteiger partial charge in [-0.2, -0.15) is 0 Å². The van der Waals surface area contributed by atoms with Crippen molar-refractivity contribution < 1.29 is 4.74 Å². The Bertz CT molecular complexity index is 523. The second kappa shape index (κ2) is 5.49. The number of anilines is 1. The van der Waals surface area contributed by atoms with E-state index in [-0.39, 0.29) is 0 Å². The van der Waals surface area contributed by atoms with E-state index in [1.165, 1.54) is 0 Å². The molecule has 0 saturated heterocycles. The van der Waals surface area contributed by atoms with Gasteiger partial charge in [-0.05, 0) is 49.7 Å². The lowest BCUT2D eigenvalue weighted by atomic mass is 10.1. The van der Waals surface area contributed by atoms with Gasteiger partial charge in [0.2, 0.25) is 0 Å². The molecular weight excluding hydrogens is 226 g/mol. The summed E-state index contributed by atoms with van der Waals surface area (Å²) >= 11 is 0. The van der Waals surface area contributed by atoms with Gasteiger partial charge in [0, 0.05) is 12.6 Å². The first-order valence-corrected chi connectivity index (χ1v) is 6.00. The third-order valence-electron chi connectivity index (χ3n) is 2.68. The molecular formula is C14H17N3O. The van der Waals surface area contributed by atoms with Crippen LogP contribution in [0.3, 0.4) is 0 Å². The molecule has 0 atom stereocenters. The Morgan fingerprint density at radius 3 is 2.44 bits per heavy atom. The summed E-state index contributed by atoms with van der Waals surface area (Å²) in [6, 6.07) is 9.90. The van der Waals surface area contributed by atoms with Gasteiger partial charge in [0.05, 0.1) is 12.3 Å². The highest BCUT2D eigenvalue weighted by Gasteiger charge is 2.04. The van der Waals surface area contributed by atoms with Crippen LogP contribution in [-0.2, 0) is 0 Å². The van der Waals surface area contributed by atoms with E-state index in [0.717, 1.165) is 28.4 Å². The van der Waals surface area contributed by atoms with Crippen LogP contribution in [0.1, 0.15) is 12.5 Å². The standard InChI is InChI=1S/C14H17N3O/c1-4-18-12-7-5-11(6-8-12)13-9-10(2)14(15-3)17-16-13/h5-9H,4H2,1-3H3,(H,15,17). The van der Waals surface area contributed by atoms with Gasteiger partial charge in [0.15, 0.2) is 5.82 Å². The molecule has 18 heavy (non-hydrogen) atoms. The largest absolute Gasteiger partial charge is 0.494 e. The van der Waals surface area contributed by atoms with Gasteiger partial charge in [-0.25, -0.2) is 0 Å². The van der Waals surface area contributed by atoms with E-state index in [1.54, 1.807) is 0 Å². The van der Waals surface area contributed by atoms with Crippen molar-refractivity contribution in [3.63, 3.8) is 0 Å². The molecule has 0 aliphatic rings. The normalized spacial score (nSPS) is 10.2. The van der Waals surface area contributed by atoms with E-state index in [2.05, 4.69) is 15.5 Å². The number of benzene rings is 1. The number of rotatable bonds is 4. The van der Waals surface area contributed by atoms with E-state index >= 15 is 0 Å². The van der Waals surface area contributed by atoms with Gasteiger partial charge in [-0.3, -0.25) is 0 Å². The molecule has 0 spiro atoms. The van der Waals surface area contributed by atoms with Crippen LogP contribution in [-0.4, -0.2) is 23.9 Å². The van der Waals surface area contributed by atoms with Crippen LogP contribution in [0.4, 0.5) is 5.82 Å². The molecule has 0 amide bonds. The smallest absolute Gasteiger partial charge is 0.151 e. The highest BCUT2D eigenvalue weighted by Crippen LogP contribution is 2.22. The number of aromatic nitrogens is 2. The molecule has 1 aromatic carbocycles. The first-order valence-electron chi connectivity index (χ1n) is 6.00. The SMILES string of the molecule is CCOc1ccc(-c2cc(C)c(NC)nn2)cc1. The van der Waals surface area contributed by atoms with E-state index in [1.807, 2.05) is 51.2 Å².